The van der Waals surface area contributed by atoms with Crippen LogP contribution in [0.25, 0.3) is 0 Å². The second-order valence-corrected chi connectivity index (χ2v) is 3.26. The summed E-state index contributed by atoms with van der Waals surface area (Å²) >= 11 is 1.96. The summed E-state index contributed by atoms with van der Waals surface area (Å²) < 4.78 is 41.8. The van der Waals surface area contributed by atoms with Crippen molar-refractivity contribution in [2.75, 3.05) is 0 Å². The molecular weight excluding hydrogens is 310 g/mol. The molecule has 1 aromatic rings. The molecule has 1 aromatic carbocycles. The van der Waals surface area contributed by atoms with Crippen molar-refractivity contribution in [2.45, 2.75) is 12.9 Å². The minimum atomic E-state index is -4.62. The minimum Gasteiger partial charge on any atom is -0.406 e. The molecule has 78 valence electrons. The molecule has 0 saturated heterocycles. The summed E-state index contributed by atoms with van der Waals surface area (Å²) in [4.78, 5) is 0. The van der Waals surface area contributed by atoms with Gasteiger partial charge in [0.15, 0.2) is 0 Å². The first-order valence-electron chi connectivity index (χ1n) is 3.69. The quantitative estimate of drug-likeness (QED) is 0.683. The highest BCUT2D eigenvalue weighted by Gasteiger charge is 2.30. The molecule has 1 N–H and O–H groups in total. The molecule has 0 atom stereocenters. The summed E-state index contributed by atoms with van der Waals surface area (Å²) in [5, 5.41) is 0. The third-order valence-corrected chi connectivity index (χ3v) is 1.81. The van der Waals surface area contributed by atoms with E-state index >= 15 is 0 Å². The summed E-state index contributed by atoms with van der Waals surface area (Å²) in [5.74, 6) is -0.199. The number of hydrogen-bond acceptors (Lipinski definition) is 2. The lowest BCUT2D eigenvalue weighted by molar-refractivity contribution is -0.274. The van der Waals surface area contributed by atoms with E-state index in [0.717, 1.165) is 5.56 Å². The number of halogens is 4. The molecule has 0 aromatic heterocycles. The zero-order valence-electron chi connectivity index (χ0n) is 6.94. The van der Waals surface area contributed by atoms with Crippen LogP contribution < -0.4 is 8.27 Å². The lowest BCUT2D eigenvalue weighted by atomic mass is 10.2. The van der Waals surface area contributed by atoms with E-state index in [2.05, 4.69) is 8.27 Å². The van der Waals surface area contributed by atoms with Crippen molar-refractivity contribution >= 4 is 22.9 Å². The summed E-state index contributed by atoms with van der Waals surface area (Å²) in [6.45, 7) is 0.604. The zero-order valence-corrected chi connectivity index (χ0v) is 9.09. The zero-order chi connectivity index (χ0) is 10.6. The predicted molar refractivity (Wildman–Crippen MR) is 54.0 cm³/mol. The van der Waals surface area contributed by atoms with Crippen LogP contribution in [-0.2, 0) is 6.54 Å². The molecule has 6 heteroatoms. The Kier molecular flexibility index (Phi) is 3.99. The lowest BCUT2D eigenvalue weighted by Gasteiger charge is -2.08. The van der Waals surface area contributed by atoms with E-state index in [4.69, 9.17) is 0 Å². The van der Waals surface area contributed by atoms with Gasteiger partial charge in [-0.15, -0.1) is 13.2 Å². The third kappa shape index (κ3) is 4.14. The van der Waals surface area contributed by atoms with Crippen molar-refractivity contribution < 1.29 is 17.9 Å². The number of ether oxygens (including phenoxy) is 1. The van der Waals surface area contributed by atoms with Crippen molar-refractivity contribution in [3.8, 4) is 5.75 Å². The van der Waals surface area contributed by atoms with E-state index in [1.54, 1.807) is 12.1 Å². The maximum absolute atomic E-state index is 11.8. The molecule has 0 heterocycles. The summed E-state index contributed by atoms with van der Waals surface area (Å²) in [6, 6.07) is 5.73. The number of alkyl halides is 3. The Hall–Kier alpha value is -0.500. The molecule has 0 aliphatic heterocycles. The van der Waals surface area contributed by atoms with Crippen LogP contribution in [0, 0.1) is 0 Å². The molecule has 0 unspecified atom stereocenters. The van der Waals surface area contributed by atoms with Gasteiger partial charge in [-0.2, -0.15) is 0 Å². The van der Waals surface area contributed by atoms with Crippen LogP contribution in [0.1, 0.15) is 5.56 Å². The topological polar surface area (TPSA) is 21.3 Å². The van der Waals surface area contributed by atoms with E-state index < -0.39 is 6.36 Å². The Bertz CT molecular complexity index is 286. The molecule has 0 amide bonds. The molecule has 0 bridgehead atoms. The standard InChI is InChI=1S/C8H7F3INO/c9-8(10,11)14-7-3-1-6(2-4-7)5-13-12/h1-4,13H,5H2. The molecule has 0 radical (unpaired) electrons. The lowest BCUT2D eigenvalue weighted by Crippen LogP contribution is -2.17. The van der Waals surface area contributed by atoms with Crippen LogP contribution >= 0.6 is 22.9 Å². The van der Waals surface area contributed by atoms with Crippen LogP contribution in [0.4, 0.5) is 13.2 Å². The van der Waals surface area contributed by atoms with Crippen molar-refractivity contribution in [1.82, 2.24) is 3.53 Å². The first-order valence-corrected chi connectivity index (χ1v) is 4.77. The average Bonchev–Trinajstić information content (AvgIpc) is 2.06. The second-order valence-electron chi connectivity index (χ2n) is 2.50. The van der Waals surface area contributed by atoms with Crippen LogP contribution in [0.3, 0.4) is 0 Å². The maximum Gasteiger partial charge on any atom is 0.573 e. The Balaban J connectivity index is 2.64. The van der Waals surface area contributed by atoms with Crippen LogP contribution in [-0.4, -0.2) is 6.36 Å². The molecule has 0 fully saturated rings. The number of nitrogens with one attached hydrogen (secondary N) is 1. The Morgan fingerprint density at radius 1 is 1.21 bits per heavy atom. The van der Waals surface area contributed by atoms with E-state index in [9.17, 15) is 13.2 Å². The monoisotopic (exact) mass is 317 g/mol. The first kappa shape index (κ1) is 11.6. The van der Waals surface area contributed by atoms with Crippen molar-refractivity contribution in [3.63, 3.8) is 0 Å². The van der Waals surface area contributed by atoms with Gasteiger partial charge in [-0.25, -0.2) is 0 Å². The number of rotatable bonds is 3. The summed E-state index contributed by atoms with van der Waals surface area (Å²) in [6.07, 6.45) is -4.62. The minimum absolute atomic E-state index is 0.199. The Morgan fingerprint density at radius 2 is 1.79 bits per heavy atom. The van der Waals surface area contributed by atoms with Crippen molar-refractivity contribution in [1.29, 1.82) is 0 Å². The van der Waals surface area contributed by atoms with E-state index in [-0.39, 0.29) is 5.75 Å². The molecule has 1 rings (SSSR count). The number of hydrogen-bond donors (Lipinski definition) is 1. The normalized spacial score (nSPS) is 11.4. The van der Waals surface area contributed by atoms with Crippen molar-refractivity contribution in [2.24, 2.45) is 0 Å². The fourth-order valence-electron chi connectivity index (χ4n) is 0.886. The molecule has 14 heavy (non-hydrogen) atoms. The SMILES string of the molecule is FC(F)(F)Oc1ccc(CNI)cc1. The fraction of sp³-hybridized carbons (Fsp3) is 0.250. The summed E-state index contributed by atoms with van der Waals surface area (Å²) in [5.41, 5.74) is 0.897. The molecule has 2 nitrogen and oxygen atoms in total. The highest BCUT2D eigenvalue weighted by molar-refractivity contribution is 14.1. The molecule has 0 spiro atoms. The smallest absolute Gasteiger partial charge is 0.406 e. The van der Waals surface area contributed by atoms with Gasteiger partial charge >= 0.3 is 6.36 Å². The van der Waals surface area contributed by atoms with Gasteiger partial charge in [-0.3, -0.25) is 3.53 Å². The number of benzene rings is 1. The predicted octanol–water partition coefficient (Wildman–Crippen LogP) is 3.02. The Labute approximate surface area is 92.9 Å². The van der Waals surface area contributed by atoms with Crippen LogP contribution in [0.5, 0.6) is 5.75 Å². The van der Waals surface area contributed by atoms with Gasteiger partial charge in [-0.05, 0) is 17.7 Å². The van der Waals surface area contributed by atoms with Gasteiger partial charge in [0, 0.05) is 29.4 Å². The second kappa shape index (κ2) is 4.83. The van der Waals surface area contributed by atoms with E-state index in [1.807, 2.05) is 22.9 Å². The molecule has 0 aliphatic carbocycles. The molecule has 0 saturated carbocycles. The van der Waals surface area contributed by atoms with Gasteiger partial charge in [0.25, 0.3) is 0 Å². The van der Waals surface area contributed by atoms with E-state index in [1.165, 1.54) is 12.1 Å². The summed E-state index contributed by atoms with van der Waals surface area (Å²) in [7, 11) is 0. The third-order valence-electron chi connectivity index (χ3n) is 1.43. The van der Waals surface area contributed by atoms with Crippen molar-refractivity contribution in [3.05, 3.63) is 29.8 Å². The largest absolute Gasteiger partial charge is 0.573 e. The van der Waals surface area contributed by atoms with Gasteiger partial charge in [0.2, 0.25) is 0 Å². The first-order chi connectivity index (χ1) is 6.51. The maximum atomic E-state index is 11.8. The van der Waals surface area contributed by atoms with Gasteiger partial charge < -0.3 is 4.74 Å². The fourth-order valence-corrected chi connectivity index (χ4v) is 1.33. The van der Waals surface area contributed by atoms with Crippen LogP contribution in [0.2, 0.25) is 0 Å². The molecule has 0 aliphatic rings. The van der Waals surface area contributed by atoms with Gasteiger partial charge in [0.1, 0.15) is 5.75 Å². The van der Waals surface area contributed by atoms with E-state index in [0.29, 0.717) is 6.54 Å². The highest BCUT2D eigenvalue weighted by Crippen LogP contribution is 2.22. The van der Waals surface area contributed by atoms with Crippen LogP contribution in [0.15, 0.2) is 24.3 Å². The Morgan fingerprint density at radius 3 is 2.21 bits per heavy atom. The average molecular weight is 317 g/mol. The highest BCUT2D eigenvalue weighted by atomic mass is 127. The molecular formula is C8H7F3INO. The van der Waals surface area contributed by atoms with Gasteiger partial charge in [0.05, 0.1) is 0 Å². The van der Waals surface area contributed by atoms with Gasteiger partial charge in [-0.1, -0.05) is 12.1 Å².